The average Bonchev–Trinajstić information content (AvgIpc) is 2.84. The summed E-state index contributed by atoms with van der Waals surface area (Å²) in [6.07, 6.45) is 2.16. The lowest BCUT2D eigenvalue weighted by Gasteiger charge is -2.55. The minimum absolute atomic E-state index is 0. The fourth-order valence-electron chi connectivity index (χ4n) is 3.44. The summed E-state index contributed by atoms with van der Waals surface area (Å²) in [7, 11) is 2.04. The summed E-state index contributed by atoms with van der Waals surface area (Å²) in [6, 6.07) is 0. The van der Waals surface area contributed by atoms with Crippen LogP contribution in [0.1, 0.15) is 19.8 Å². The summed E-state index contributed by atoms with van der Waals surface area (Å²) in [5.41, 5.74) is 5.85. The van der Waals surface area contributed by atoms with Crippen LogP contribution in [-0.2, 0) is 9.59 Å². The molecule has 0 aromatic rings. The number of aliphatic carboxylic acids is 1. The SMILES string of the molecule is CC1(N)C(=O)N2C(C(=O)[O-])=C([N+]3(C)CCCC3)CS[C@H]21.Cl. The Morgan fingerprint density at radius 2 is 2.05 bits per heavy atom. The predicted molar refractivity (Wildman–Crippen MR) is 80.1 cm³/mol. The van der Waals surface area contributed by atoms with E-state index in [1.165, 1.54) is 4.90 Å². The Balaban J connectivity index is 0.00000161. The van der Waals surface area contributed by atoms with Gasteiger partial charge >= 0.3 is 0 Å². The van der Waals surface area contributed by atoms with Gasteiger partial charge in [0, 0.05) is 12.8 Å². The minimum Gasteiger partial charge on any atom is -0.543 e. The highest BCUT2D eigenvalue weighted by atomic mass is 35.5. The van der Waals surface area contributed by atoms with E-state index in [0.29, 0.717) is 10.2 Å². The van der Waals surface area contributed by atoms with Gasteiger partial charge in [0.25, 0.3) is 5.91 Å². The zero-order chi connectivity index (χ0) is 14.7. The second-order valence-corrected chi connectivity index (χ2v) is 7.32. The van der Waals surface area contributed by atoms with Gasteiger partial charge in [-0.3, -0.25) is 14.2 Å². The van der Waals surface area contributed by atoms with Crippen LogP contribution in [0.25, 0.3) is 0 Å². The van der Waals surface area contributed by atoms with E-state index in [1.807, 2.05) is 7.05 Å². The molecule has 0 aliphatic carbocycles. The molecule has 1 amide bonds. The van der Waals surface area contributed by atoms with Gasteiger partial charge < -0.3 is 15.6 Å². The molecule has 2 atom stereocenters. The van der Waals surface area contributed by atoms with Gasteiger partial charge in [-0.2, -0.15) is 0 Å². The number of nitrogens with two attached hydrogens (primary N) is 1. The number of β-lactam (4-membered cyclic amide) rings is 1. The summed E-state index contributed by atoms with van der Waals surface area (Å²) >= 11 is 1.55. The summed E-state index contributed by atoms with van der Waals surface area (Å²) in [6.45, 7) is 3.49. The number of halogens is 1. The lowest BCUT2D eigenvalue weighted by atomic mass is 9.90. The van der Waals surface area contributed by atoms with Gasteiger partial charge in [-0.05, 0) is 6.92 Å². The van der Waals surface area contributed by atoms with E-state index in [1.54, 1.807) is 18.7 Å². The summed E-state index contributed by atoms with van der Waals surface area (Å²) in [5.74, 6) is -0.987. The quantitative estimate of drug-likeness (QED) is 0.530. The van der Waals surface area contributed by atoms with Crippen molar-refractivity contribution < 1.29 is 19.2 Å². The first-order valence-electron chi connectivity index (χ1n) is 6.83. The molecule has 0 aromatic heterocycles. The number of carboxylic acids is 1. The van der Waals surface area contributed by atoms with Crippen molar-refractivity contribution in [1.29, 1.82) is 0 Å². The third-order valence-electron chi connectivity index (χ3n) is 4.72. The number of amides is 1. The standard InChI is InChI=1S/C13H19N3O3S.ClH/c1-13(14)11(19)15-9(10(17)18)8(7-20-12(13)15)16(2)5-3-4-6-16;/h12H,3-7,14H2,1-2H3;1H/t12-,13?;/m0./s1. The number of fused-ring (bicyclic) bond motifs is 1. The first-order valence-corrected chi connectivity index (χ1v) is 7.88. The second kappa shape index (κ2) is 5.15. The molecule has 3 rings (SSSR count). The highest BCUT2D eigenvalue weighted by molar-refractivity contribution is 8.00. The van der Waals surface area contributed by atoms with Gasteiger partial charge in [-0.25, -0.2) is 0 Å². The first-order chi connectivity index (χ1) is 9.29. The summed E-state index contributed by atoms with van der Waals surface area (Å²) in [4.78, 5) is 25.1. The molecule has 3 aliphatic heterocycles. The van der Waals surface area contributed by atoms with Crippen molar-refractivity contribution in [2.24, 2.45) is 5.73 Å². The number of carbonyl (C=O) groups excluding carboxylic acids is 2. The van der Waals surface area contributed by atoms with Crippen molar-refractivity contribution in [1.82, 2.24) is 4.90 Å². The minimum atomic E-state index is -1.26. The number of likely N-dealkylation sites (tertiary alicyclic amines) is 1. The maximum Gasteiger partial charge on any atom is 0.251 e. The molecular formula is C13H20ClN3O3S. The molecule has 1 unspecified atom stereocenters. The molecule has 2 N–H and O–H groups in total. The Morgan fingerprint density at radius 1 is 1.48 bits per heavy atom. The Hall–Kier alpha value is -0.760. The lowest BCUT2D eigenvalue weighted by Crippen LogP contribution is -2.77. The zero-order valence-electron chi connectivity index (χ0n) is 12.1. The lowest BCUT2D eigenvalue weighted by molar-refractivity contribution is -0.860. The number of hydrogen-bond acceptors (Lipinski definition) is 5. The van der Waals surface area contributed by atoms with Crippen LogP contribution in [0.5, 0.6) is 0 Å². The normalized spacial score (nSPS) is 34.1. The van der Waals surface area contributed by atoms with Gasteiger partial charge in [0.2, 0.25) is 0 Å². The van der Waals surface area contributed by atoms with Crippen LogP contribution in [0.4, 0.5) is 0 Å². The highest BCUT2D eigenvalue weighted by Crippen LogP contribution is 2.46. The third-order valence-corrected chi connectivity index (χ3v) is 6.17. The fraction of sp³-hybridized carbons (Fsp3) is 0.692. The van der Waals surface area contributed by atoms with Crippen LogP contribution < -0.4 is 10.8 Å². The van der Waals surface area contributed by atoms with Crippen LogP contribution in [0.15, 0.2) is 11.4 Å². The third kappa shape index (κ3) is 2.18. The highest BCUT2D eigenvalue weighted by Gasteiger charge is 2.60. The van der Waals surface area contributed by atoms with Crippen molar-refractivity contribution in [3.63, 3.8) is 0 Å². The molecule has 3 heterocycles. The van der Waals surface area contributed by atoms with Crippen molar-refractivity contribution in [3.05, 3.63) is 11.4 Å². The van der Waals surface area contributed by atoms with Crippen LogP contribution in [0.2, 0.25) is 0 Å². The number of quaternary nitrogens is 1. The van der Waals surface area contributed by atoms with E-state index in [9.17, 15) is 14.7 Å². The fourth-order valence-corrected chi connectivity index (χ4v) is 5.00. The van der Waals surface area contributed by atoms with E-state index in [4.69, 9.17) is 5.73 Å². The van der Waals surface area contributed by atoms with E-state index in [2.05, 4.69) is 0 Å². The molecule has 0 bridgehead atoms. The molecule has 3 aliphatic rings. The summed E-state index contributed by atoms with van der Waals surface area (Å²) in [5, 5.41) is 11.3. The first kappa shape index (κ1) is 16.6. The van der Waals surface area contributed by atoms with E-state index >= 15 is 0 Å². The number of rotatable bonds is 2. The Labute approximate surface area is 134 Å². The van der Waals surface area contributed by atoms with Crippen molar-refractivity contribution in [2.75, 3.05) is 25.9 Å². The molecule has 6 nitrogen and oxygen atoms in total. The molecule has 0 aromatic carbocycles. The molecule has 8 heteroatoms. The maximum absolute atomic E-state index is 12.2. The smallest absolute Gasteiger partial charge is 0.251 e. The number of carbonyl (C=O) groups is 2. The number of nitrogens with zero attached hydrogens (tertiary/aromatic N) is 2. The zero-order valence-corrected chi connectivity index (χ0v) is 13.8. The average molecular weight is 334 g/mol. The van der Waals surface area contributed by atoms with E-state index in [0.717, 1.165) is 31.6 Å². The largest absolute Gasteiger partial charge is 0.543 e. The van der Waals surface area contributed by atoms with Crippen LogP contribution in [-0.4, -0.2) is 58.1 Å². The van der Waals surface area contributed by atoms with Crippen LogP contribution in [0.3, 0.4) is 0 Å². The van der Waals surface area contributed by atoms with Crippen LogP contribution in [0, 0.1) is 0 Å². The van der Waals surface area contributed by atoms with Gasteiger partial charge in [-0.15, -0.1) is 24.2 Å². The maximum atomic E-state index is 12.2. The second-order valence-electron chi connectivity index (χ2n) is 6.25. The molecule has 2 fully saturated rings. The number of carboxylic acid groups (broad SMARTS) is 1. The molecule has 0 spiro atoms. The van der Waals surface area contributed by atoms with Gasteiger partial charge in [0.15, 0.2) is 0 Å². The van der Waals surface area contributed by atoms with Gasteiger partial charge in [0.1, 0.15) is 22.3 Å². The van der Waals surface area contributed by atoms with Crippen molar-refractivity contribution in [3.8, 4) is 0 Å². The van der Waals surface area contributed by atoms with Crippen LogP contribution >= 0.6 is 24.2 Å². The number of thioether (sulfide) groups is 1. The van der Waals surface area contributed by atoms with Crippen molar-refractivity contribution in [2.45, 2.75) is 30.7 Å². The van der Waals surface area contributed by atoms with Gasteiger partial charge in [0.05, 0.1) is 31.9 Å². The summed E-state index contributed by atoms with van der Waals surface area (Å²) < 4.78 is 0.605. The molecular weight excluding hydrogens is 314 g/mol. The monoisotopic (exact) mass is 333 g/mol. The molecule has 0 radical (unpaired) electrons. The van der Waals surface area contributed by atoms with E-state index < -0.39 is 11.5 Å². The topological polar surface area (TPSA) is 86.5 Å². The predicted octanol–water partition coefficient (Wildman–Crippen LogP) is -0.757. The van der Waals surface area contributed by atoms with E-state index in [-0.39, 0.29) is 29.4 Å². The molecule has 118 valence electrons. The molecule has 0 saturated carbocycles. The molecule has 21 heavy (non-hydrogen) atoms. The Morgan fingerprint density at radius 3 is 2.57 bits per heavy atom. The Kier molecular flexibility index (Phi) is 4.08. The van der Waals surface area contributed by atoms with Crippen molar-refractivity contribution >= 4 is 36.0 Å². The number of hydrogen-bond donors (Lipinski definition) is 1. The molecule has 2 saturated heterocycles. The van der Waals surface area contributed by atoms with Gasteiger partial charge in [-0.1, -0.05) is 0 Å². The Bertz CT molecular complexity index is 529.